The lowest BCUT2D eigenvalue weighted by atomic mass is 10.1. The minimum Gasteiger partial charge on any atom is -0.318 e. The van der Waals surface area contributed by atoms with Crippen LogP contribution in [0.5, 0.6) is 0 Å². The van der Waals surface area contributed by atoms with Crippen molar-refractivity contribution < 1.29 is 4.39 Å². The molecule has 78 valence electrons. The summed E-state index contributed by atoms with van der Waals surface area (Å²) in [5.41, 5.74) is 0.653. The van der Waals surface area contributed by atoms with Crippen molar-refractivity contribution >= 4 is 0 Å². The molecular weight excluding hydrogens is 193 g/mol. The Labute approximate surface area is 87.6 Å². The van der Waals surface area contributed by atoms with Crippen LogP contribution < -0.4 is 0 Å². The molecule has 0 aliphatic heterocycles. The summed E-state index contributed by atoms with van der Waals surface area (Å²) in [6.07, 6.45) is 2.15. The molecule has 0 aliphatic carbocycles. The molecular formula is C11H12FN3. The second-order valence-corrected chi connectivity index (χ2v) is 3.30. The summed E-state index contributed by atoms with van der Waals surface area (Å²) in [6.45, 7) is 2.81. The zero-order valence-corrected chi connectivity index (χ0v) is 8.52. The molecule has 3 nitrogen and oxygen atoms in total. The van der Waals surface area contributed by atoms with Gasteiger partial charge in [0.05, 0.1) is 0 Å². The van der Waals surface area contributed by atoms with E-state index >= 15 is 0 Å². The fourth-order valence-corrected chi connectivity index (χ4v) is 1.49. The number of halogens is 1. The van der Waals surface area contributed by atoms with Crippen LogP contribution in [0.2, 0.25) is 0 Å². The van der Waals surface area contributed by atoms with Crippen LogP contribution in [-0.2, 0) is 13.0 Å². The van der Waals surface area contributed by atoms with Gasteiger partial charge in [-0.15, -0.1) is 10.2 Å². The van der Waals surface area contributed by atoms with E-state index in [1.807, 2.05) is 17.6 Å². The third-order valence-corrected chi connectivity index (χ3v) is 2.34. The summed E-state index contributed by atoms with van der Waals surface area (Å²) in [5, 5.41) is 7.78. The van der Waals surface area contributed by atoms with Gasteiger partial charge in [0.1, 0.15) is 18.0 Å². The number of hydrogen-bond donors (Lipinski definition) is 0. The molecule has 1 aromatic carbocycles. The van der Waals surface area contributed by atoms with Crippen molar-refractivity contribution in [2.24, 2.45) is 0 Å². The number of aromatic nitrogens is 3. The maximum Gasteiger partial charge on any atom is 0.137 e. The molecule has 0 spiro atoms. The van der Waals surface area contributed by atoms with Gasteiger partial charge in [-0.2, -0.15) is 0 Å². The molecule has 1 aromatic heterocycles. The lowest BCUT2D eigenvalue weighted by molar-refractivity contribution is 0.607. The zero-order chi connectivity index (χ0) is 10.7. The van der Waals surface area contributed by atoms with Gasteiger partial charge in [0.15, 0.2) is 0 Å². The van der Waals surface area contributed by atoms with E-state index in [9.17, 15) is 4.39 Å². The van der Waals surface area contributed by atoms with Crippen LogP contribution in [0.15, 0.2) is 30.6 Å². The molecule has 1 heterocycles. The second-order valence-electron chi connectivity index (χ2n) is 3.30. The van der Waals surface area contributed by atoms with E-state index in [2.05, 4.69) is 10.2 Å². The van der Waals surface area contributed by atoms with E-state index < -0.39 is 0 Å². The Morgan fingerprint density at radius 3 is 2.87 bits per heavy atom. The highest BCUT2D eigenvalue weighted by Gasteiger charge is 2.07. The quantitative estimate of drug-likeness (QED) is 0.767. The number of rotatable bonds is 3. The van der Waals surface area contributed by atoms with E-state index in [0.29, 0.717) is 12.0 Å². The van der Waals surface area contributed by atoms with Crippen molar-refractivity contribution in [3.8, 4) is 0 Å². The molecule has 0 amide bonds. The molecule has 0 unspecified atom stereocenters. The molecule has 0 N–H and O–H groups in total. The number of nitrogens with zero attached hydrogens (tertiary/aromatic N) is 3. The molecule has 2 rings (SSSR count). The molecule has 15 heavy (non-hydrogen) atoms. The lowest BCUT2D eigenvalue weighted by Gasteiger charge is -2.03. The summed E-state index contributed by atoms with van der Waals surface area (Å²) < 4.78 is 15.3. The average Bonchev–Trinajstić information content (AvgIpc) is 2.69. The number of benzene rings is 1. The Kier molecular flexibility index (Phi) is 2.76. The van der Waals surface area contributed by atoms with Crippen molar-refractivity contribution in [2.75, 3.05) is 0 Å². The Hall–Kier alpha value is -1.71. The van der Waals surface area contributed by atoms with Gasteiger partial charge in [0, 0.05) is 13.0 Å². The van der Waals surface area contributed by atoms with E-state index in [0.717, 1.165) is 12.4 Å². The van der Waals surface area contributed by atoms with Gasteiger partial charge < -0.3 is 4.57 Å². The molecule has 0 fully saturated rings. The Morgan fingerprint density at radius 1 is 1.33 bits per heavy atom. The molecule has 4 heteroatoms. The molecule has 2 aromatic rings. The van der Waals surface area contributed by atoms with Gasteiger partial charge in [0.2, 0.25) is 0 Å². The average molecular weight is 205 g/mol. The summed E-state index contributed by atoms with van der Waals surface area (Å²) in [4.78, 5) is 0. The molecule has 0 saturated heterocycles. The predicted octanol–water partition coefficient (Wildman–Crippen LogP) is 2.03. The fourth-order valence-electron chi connectivity index (χ4n) is 1.49. The summed E-state index contributed by atoms with van der Waals surface area (Å²) >= 11 is 0. The predicted molar refractivity (Wildman–Crippen MR) is 54.9 cm³/mol. The highest BCUT2D eigenvalue weighted by atomic mass is 19.1. The zero-order valence-electron chi connectivity index (χ0n) is 8.52. The Bertz CT molecular complexity index is 451. The minimum atomic E-state index is -0.192. The number of hydrogen-bond acceptors (Lipinski definition) is 2. The topological polar surface area (TPSA) is 30.7 Å². The van der Waals surface area contributed by atoms with Crippen molar-refractivity contribution in [1.29, 1.82) is 0 Å². The highest BCUT2D eigenvalue weighted by molar-refractivity contribution is 5.20. The first kappa shape index (κ1) is 9.83. The van der Waals surface area contributed by atoms with Crippen molar-refractivity contribution in [3.63, 3.8) is 0 Å². The maximum absolute atomic E-state index is 13.4. The van der Waals surface area contributed by atoms with Crippen LogP contribution in [0.25, 0.3) is 0 Å². The van der Waals surface area contributed by atoms with Crippen LogP contribution in [-0.4, -0.2) is 14.8 Å². The fraction of sp³-hybridized carbons (Fsp3) is 0.273. The van der Waals surface area contributed by atoms with Crippen molar-refractivity contribution in [3.05, 3.63) is 47.8 Å². The third-order valence-electron chi connectivity index (χ3n) is 2.34. The van der Waals surface area contributed by atoms with E-state index in [1.165, 1.54) is 6.07 Å². The Morgan fingerprint density at radius 2 is 2.13 bits per heavy atom. The lowest BCUT2D eigenvalue weighted by Crippen LogP contribution is -2.02. The summed E-state index contributed by atoms with van der Waals surface area (Å²) in [6, 6.07) is 6.74. The first-order valence-electron chi connectivity index (χ1n) is 4.91. The molecule has 0 saturated carbocycles. The first-order valence-corrected chi connectivity index (χ1v) is 4.91. The number of aryl methyl sites for hydroxylation is 1. The van der Waals surface area contributed by atoms with E-state index in [4.69, 9.17) is 0 Å². The standard InChI is InChI=1S/C11H12FN3/c1-2-15-8-13-14-11(15)7-9-5-3-4-6-10(9)12/h3-6,8H,2,7H2,1H3. The first-order chi connectivity index (χ1) is 7.31. The van der Waals surface area contributed by atoms with Gasteiger partial charge in [0.25, 0.3) is 0 Å². The van der Waals surface area contributed by atoms with E-state index in [1.54, 1.807) is 18.5 Å². The van der Waals surface area contributed by atoms with Gasteiger partial charge in [-0.25, -0.2) is 4.39 Å². The van der Waals surface area contributed by atoms with Crippen molar-refractivity contribution in [1.82, 2.24) is 14.8 Å². The molecule has 0 radical (unpaired) electrons. The van der Waals surface area contributed by atoms with Crippen LogP contribution in [0, 0.1) is 5.82 Å². The maximum atomic E-state index is 13.4. The largest absolute Gasteiger partial charge is 0.318 e. The smallest absolute Gasteiger partial charge is 0.137 e. The van der Waals surface area contributed by atoms with Gasteiger partial charge in [-0.3, -0.25) is 0 Å². The van der Waals surface area contributed by atoms with Gasteiger partial charge in [-0.1, -0.05) is 18.2 Å². The Balaban J connectivity index is 2.26. The van der Waals surface area contributed by atoms with Crippen molar-refractivity contribution in [2.45, 2.75) is 19.9 Å². The molecule has 0 bridgehead atoms. The monoisotopic (exact) mass is 205 g/mol. The van der Waals surface area contributed by atoms with Crippen LogP contribution in [0.3, 0.4) is 0 Å². The van der Waals surface area contributed by atoms with Gasteiger partial charge in [-0.05, 0) is 18.6 Å². The normalized spacial score (nSPS) is 10.5. The SMILES string of the molecule is CCn1cnnc1Cc1ccccc1F. The van der Waals surface area contributed by atoms with E-state index in [-0.39, 0.29) is 5.82 Å². The second kappa shape index (κ2) is 4.21. The summed E-state index contributed by atoms with van der Waals surface area (Å²) in [5.74, 6) is 0.603. The third kappa shape index (κ3) is 2.03. The molecule has 0 aliphatic rings. The van der Waals surface area contributed by atoms with Crippen LogP contribution in [0.1, 0.15) is 18.3 Å². The van der Waals surface area contributed by atoms with Crippen LogP contribution >= 0.6 is 0 Å². The van der Waals surface area contributed by atoms with Gasteiger partial charge >= 0.3 is 0 Å². The molecule has 0 atom stereocenters. The summed E-state index contributed by atoms with van der Waals surface area (Å²) in [7, 11) is 0. The minimum absolute atomic E-state index is 0.192. The highest BCUT2D eigenvalue weighted by Crippen LogP contribution is 2.11. The van der Waals surface area contributed by atoms with Crippen LogP contribution in [0.4, 0.5) is 4.39 Å².